The normalized spacial score (nSPS) is 15.1. The SMILES string of the molecule is Cc1ccc(OC(C)C(=O)NC(C)(C#N)C(C)C)cc1. The molecule has 0 saturated carbocycles. The lowest BCUT2D eigenvalue weighted by atomic mass is 9.90. The van der Waals surface area contributed by atoms with Crippen LogP contribution in [0.2, 0.25) is 0 Å². The Bertz CT molecular complexity index is 502. The average molecular weight is 274 g/mol. The first kappa shape index (κ1) is 16.0. The van der Waals surface area contributed by atoms with E-state index in [-0.39, 0.29) is 11.8 Å². The van der Waals surface area contributed by atoms with Crippen LogP contribution in [-0.4, -0.2) is 17.6 Å². The minimum atomic E-state index is -0.887. The molecule has 1 N–H and O–H groups in total. The van der Waals surface area contributed by atoms with E-state index in [4.69, 9.17) is 4.74 Å². The number of hydrogen-bond acceptors (Lipinski definition) is 3. The molecule has 4 heteroatoms. The number of benzene rings is 1. The highest BCUT2D eigenvalue weighted by Gasteiger charge is 2.32. The third-order valence-corrected chi connectivity index (χ3v) is 3.47. The predicted molar refractivity (Wildman–Crippen MR) is 78.3 cm³/mol. The summed E-state index contributed by atoms with van der Waals surface area (Å²) in [7, 11) is 0. The molecule has 0 heterocycles. The van der Waals surface area contributed by atoms with E-state index in [1.165, 1.54) is 0 Å². The van der Waals surface area contributed by atoms with Gasteiger partial charge in [-0.1, -0.05) is 31.5 Å². The maximum Gasteiger partial charge on any atom is 0.262 e. The molecule has 2 atom stereocenters. The molecular formula is C16H22N2O2. The van der Waals surface area contributed by atoms with Gasteiger partial charge < -0.3 is 10.1 Å². The van der Waals surface area contributed by atoms with Crippen LogP contribution in [0.1, 0.15) is 33.3 Å². The zero-order valence-electron chi connectivity index (χ0n) is 12.7. The molecule has 0 aromatic heterocycles. The summed E-state index contributed by atoms with van der Waals surface area (Å²) in [5.74, 6) is 0.368. The molecule has 20 heavy (non-hydrogen) atoms. The van der Waals surface area contributed by atoms with Crippen LogP contribution in [0.4, 0.5) is 0 Å². The number of ether oxygens (including phenoxy) is 1. The van der Waals surface area contributed by atoms with Crippen molar-refractivity contribution in [3.05, 3.63) is 29.8 Å². The number of carbonyl (C=O) groups is 1. The van der Waals surface area contributed by atoms with Gasteiger partial charge >= 0.3 is 0 Å². The largest absolute Gasteiger partial charge is 0.481 e. The minimum Gasteiger partial charge on any atom is -0.481 e. The van der Waals surface area contributed by atoms with Crippen LogP contribution in [0.25, 0.3) is 0 Å². The summed E-state index contributed by atoms with van der Waals surface area (Å²) in [6.45, 7) is 9.17. The van der Waals surface area contributed by atoms with Gasteiger partial charge in [-0.05, 0) is 38.8 Å². The molecule has 0 saturated heterocycles. The number of hydrogen-bond donors (Lipinski definition) is 1. The minimum absolute atomic E-state index is 0.0167. The Labute approximate surface area is 120 Å². The summed E-state index contributed by atoms with van der Waals surface area (Å²) in [5, 5.41) is 11.9. The third kappa shape index (κ3) is 3.99. The van der Waals surface area contributed by atoms with Crippen molar-refractivity contribution in [3.8, 4) is 11.8 Å². The summed E-state index contributed by atoms with van der Waals surface area (Å²) in [6.07, 6.45) is -0.649. The molecule has 0 spiro atoms. The number of nitriles is 1. The van der Waals surface area contributed by atoms with Crippen LogP contribution in [-0.2, 0) is 4.79 Å². The zero-order valence-corrected chi connectivity index (χ0v) is 12.7. The summed E-state index contributed by atoms with van der Waals surface area (Å²) in [5.41, 5.74) is 0.244. The van der Waals surface area contributed by atoms with E-state index in [2.05, 4.69) is 11.4 Å². The third-order valence-electron chi connectivity index (χ3n) is 3.47. The van der Waals surface area contributed by atoms with Crippen molar-refractivity contribution in [3.63, 3.8) is 0 Å². The Morgan fingerprint density at radius 3 is 2.30 bits per heavy atom. The molecule has 0 radical (unpaired) electrons. The number of amides is 1. The van der Waals surface area contributed by atoms with Crippen molar-refractivity contribution >= 4 is 5.91 Å². The van der Waals surface area contributed by atoms with Crippen LogP contribution < -0.4 is 10.1 Å². The van der Waals surface area contributed by atoms with Crippen LogP contribution in [0.15, 0.2) is 24.3 Å². The number of nitrogens with one attached hydrogen (secondary N) is 1. The number of nitrogens with zero attached hydrogens (tertiary/aromatic N) is 1. The molecule has 1 aromatic carbocycles. The van der Waals surface area contributed by atoms with Gasteiger partial charge in [0.05, 0.1) is 6.07 Å². The number of rotatable bonds is 5. The first-order valence-electron chi connectivity index (χ1n) is 6.75. The highest BCUT2D eigenvalue weighted by Crippen LogP contribution is 2.17. The molecule has 1 aromatic rings. The summed E-state index contributed by atoms with van der Waals surface area (Å²) < 4.78 is 5.58. The topological polar surface area (TPSA) is 62.1 Å². The van der Waals surface area contributed by atoms with Gasteiger partial charge in [-0.3, -0.25) is 4.79 Å². The van der Waals surface area contributed by atoms with E-state index in [0.717, 1.165) is 5.56 Å². The number of aryl methyl sites for hydroxylation is 1. The van der Waals surface area contributed by atoms with Gasteiger partial charge in [-0.25, -0.2) is 0 Å². The standard InChI is InChI=1S/C16H22N2O2/c1-11(2)16(5,10-17)18-15(19)13(4)20-14-8-6-12(3)7-9-14/h6-9,11,13H,1-5H3,(H,18,19). The Hall–Kier alpha value is -2.02. The summed E-state index contributed by atoms with van der Waals surface area (Å²) in [6, 6.07) is 9.64. The first-order valence-corrected chi connectivity index (χ1v) is 6.75. The van der Waals surface area contributed by atoms with Crippen LogP contribution in [0.5, 0.6) is 5.75 Å². The van der Waals surface area contributed by atoms with E-state index in [9.17, 15) is 10.1 Å². The Morgan fingerprint density at radius 2 is 1.85 bits per heavy atom. The molecule has 108 valence electrons. The summed E-state index contributed by atoms with van der Waals surface area (Å²) in [4.78, 5) is 12.1. The maximum atomic E-state index is 12.1. The fraction of sp³-hybridized carbons (Fsp3) is 0.500. The van der Waals surface area contributed by atoms with Crippen molar-refractivity contribution in [2.75, 3.05) is 0 Å². The van der Waals surface area contributed by atoms with E-state index in [1.807, 2.05) is 45.0 Å². The molecule has 1 amide bonds. The highest BCUT2D eigenvalue weighted by molar-refractivity contribution is 5.81. The molecule has 1 rings (SSSR count). The predicted octanol–water partition coefficient (Wildman–Crippen LogP) is 2.82. The lowest BCUT2D eigenvalue weighted by Gasteiger charge is -2.28. The van der Waals surface area contributed by atoms with Crippen LogP contribution in [0.3, 0.4) is 0 Å². The van der Waals surface area contributed by atoms with Crippen LogP contribution >= 0.6 is 0 Å². The fourth-order valence-corrected chi connectivity index (χ4v) is 1.53. The van der Waals surface area contributed by atoms with Crippen molar-refractivity contribution in [1.82, 2.24) is 5.32 Å². The lowest BCUT2D eigenvalue weighted by Crippen LogP contribution is -2.52. The average Bonchev–Trinajstić information content (AvgIpc) is 2.40. The van der Waals surface area contributed by atoms with E-state index in [1.54, 1.807) is 13.8 Å². The van der Waals surface area contributed by atoms with Gasteiger partial charge in [-0.15, -0.1) is 0 Å². The smallest absolute Gasteiger partial charge is 0.262 e. The van der Waals surface area contributed by atoms with Gasteiger partial charge in [-0.2, -0.15) is 5.26 Å². The van der Waals surface area contributed by atoms with Gasteiger partial charge in [0.2, 0.25) is 0 Å². The quantitative estimate of drug-likeness (QED) is 0.898. The van der Waals surface area contributed by atoms with Crippen molar-refractivity contribution in [1.29, 1.82) is 5.26 Å². The zero-order chi connectivity index (χ0) is 15.3. The second-order valence-electron chi connectivity index (χ2n) is 5.53. The Balaban J connectivity index is 2.68. The van der Waals surface area contributed by atoms with E-state index >= 15 is 0 Å². The van der Waals surface area contributed by atoms with Crippen molar-refractivity contribution in [2.24, 2.45) is 5.92 Å². The Kier molecular flexibility index (Phi) is 5.15. The second-order valence-corrected chi connectivity index (χ2v) is 5.53. The first-order chi connectivity index (χ1) is 9.28. The van der Waals surface area contributed by atoms with Gasteiger partial charge in [0.15, 0.2) is 6.10 Å². The molecule has 0 aliphatic rings. The monoisotopic (exact) mass is 274 g/mol. The van der Waals surface area contributed by atoms with E-state index in [0.29, 0.717) is 5.75 Å². The van der Waals surface area contributed by atoms with Gasteiger partial charge in [0.25, 0.3) is 5.91 Å². The summed E-state index contributed by atoms with van der Waals surface area (Å²) >= 11 is 0. The maximum absolute atomic E-state index is 12.1. The second kappa shape index (κ2) is 6.42. The molecule has 4 nitrogen and oxygen atoms in total. The molecule has 0 bridgehead atoms. The van der Waals surface area contributed by atoms with Crippen molar-refractivity contribution in [2.45, 2.75) is 46.3 Å². The van der Waals surface area contributed by atoms with Crippen molar-refractivity contribution < 1.29 is 9.53 Å². The molecule has 2 unspecified atom stereocenters. The van der Waals surface area contributed by atoms with E-state index < -0.39 is 11.6 Å². The number of carbonyl (C=O) groups excluding carboxylic acids is 1. The van der Waals surface area contributed by atoms with Crippen LogP contribution in [0, 0.1) is 24.2 Å². The molecular weight excluding hydrogens is 252 g/mol. The highest BCUT2D eigenvalue weighted by atomic mass is 16.5. The Morgan fingerprint density at radius 1 is 1.30 bits per heavy atom. The fourth-order valence-electron chi connectivity index (χ4n) is 1.53. The van der Waals surface area contributed by atoms with Gasteiger partial charge in [0, 0.05) is 0 Å². The lowest BCUT2D eigenvalue weighted by molar-refractivity contribution is -0.128. The molecule has 0 aliphatic carbocycles. The molecule has 0 aliphatic heterocycles. The van der Waals surface area contributed by atoms with Gasteiger partial charge in [0.1, 0.15) is 11.3 Å². The molecule has 0 fully saturated rings.